The van der Waals surface area contributed by atoms with Crippen molar-refractivity contribution in [1.82, 2.24) is 0 Å². The molecule has 0 amide bonds. The molecule has 18 heavy (non-hydrogen) atoms. The first kappa shape index (κ1) is 12.0. The van der Waals surface area contributed by atoms with E-state index in [9.17, 15) is 5.11 Å². The highest BCUT2D eigenvalue weighted by Crippen LogP contribution is 2.38. The van der Waals surface area contributed by atoms with Crippen molar-refractivity contribution in [3.05, 3.63) is 29.8 Å². The van der Waals surface area contributed by atoms with E-state index in [1.807, 2.05) is 12.1 Å². The molecule has 2 aliphatic heterocycles. The molecule has 0 radical (unpaired) electrons. The lowest BCUT2D eigenvalue weighted by molar-refractivity contribution is -0.0570. The van der Waals surface area contributed by atoms with Crippen molar-refractivity contribution in [1.29, 1.82) is 0 Å². The number of benzene rings is 1. The van der Waals surface area contributed by atoms with Gasteiger partial charge in [0.05, 0.1) is 13.2 Å². The topological polar surface area (TPSA) is 38.7 Å². The number of para-hydroxylation sites is 1. The van der Waals surface area contributed by atoms with Crippen LogP contribution in [0, 0.1) is 5.41 Å². The SMILES string of the molecule is OCC1(CC2Cc3ccccc3O2)CCCOC1. The Kier molecular flexibility index (Phi) is 3.27. The van der Waals surface area contributed by atoms with Crippen molar-refractivity contribution in [3.8, 4) is 5.75 Å². The Hall–Kier alpha value is -1.06. The fourth-order valence-corrected chi connectivity index (χ4v) is 3.11. The molecule has 3 nitrogen and oxygen atoms in total. The van der Waals surface area contributed by atoms with Gasteiger partial charge >= 0.3 is 0 Å². The van der Waals surface area contributed by atoms with Gasteiger partial charge < -0.3 is 14.6 Å². The molecule has 98 valence electrons. The predicted molar refractivity (Wildman–Crippen MR) is 68.8 cm³/mol. The largest absolute Gasteiger partial charge is 0.490 e. The van der Waals surface area contributed by atoms with Gasteiger partial charge in [-0.05, 0) is 30.9 Å². The minimum absolute atomic E-state index is 0.0923. The minimum Gasteiger partial charge on any atom is -0.490 e. The van der Waals surface area contributed by atoms with Gasteiger partial charge in [-0.25, -0.2) is 0 Å². The maximum atomic E-state index is 9.68. The second-order valence-corrected chi connectivity index (χ2v) is 5.57. The van der Waals surface area contributed by atoms with E-state index in [1.54, 1.807) is 0 Å². The lowest BCUT2D eigenvalue weighted by Gasteiger charge is -2.36. The van der Waals surface area contributed by atoms with E-state index in [0.717, 1.165) is 38.0 Å². The van der Waals surface area contributed by atoms with Crippen LogP contribution in [0.3, 0.4) is 0 Å². The Morgan fingerprint density at radius 2 is 2.22 bits per heavy atom. The summed E-state index contributed by atoms with van der Waals surface area (Å²) < 4.78 is 11.5. The fourth-order valence-electron chi connectivity index (χ4n) is 3.11. The first-order chi connectivity index (χ1) is 8.81. The number of aliphatic hydroxyl groups excluding tert-OH is 1. The van der Waals surface area contributed by atoms with Crippen LogP contribution in [0.2, 0.25) is 0 Å². The van der Waals surface area contributed by atoms with Gasteiger partial charge in [-0.1, -0.05) is 18.2 Å². The molecule has 1 aromatic carbocycles. The van der Waals surface area contributed by atoms with Crippen LogP contribution in [0.5, 0.6) is 5.75 Å². The van der Waals surface area contributed by atoms with E-state index in [1.165, 1.54) is 5.56 Å². The van der Waals surface area contributed by atoms with Crippen LogP contribution >= 0.6 is 0 Å². The third-order valence-electron chi connectivity index (χ3n) is 4.11. The summed E-state index contributed by atoms with van der Waals surface area (Å²) in [7, 11) is 0. The first-order valence-corrected chi connectivity index (χ1v) is 6.75. The highest BCUT2D eigenvalue weighted by molar-refractivity contribution is 5.37. The molecule has 0 saturated carbocycles. The maximum absolute atomic E-state index is 9.68. The first-order valence-electron chi connectivity index (χ1n) is 6.75. The average molecular weight is 248 g/mol. The molecule has 0 aliphatic carbocycles. The van der Waals surface area contributed by atoms with Crippen molar-refractivity contribution in [2.75, 3.05) is 19.8 Å². The number of aliphatic hydroxyl groups is 1. The lowest BCUT2D eigenvalue weighted by Crippen LogP contribution is -2.39. The van der Waals surface area contributed by atoms with Crippen molar-refractivity contribution >= 4 is 0 Å². The van der Waals surface area contributed by atoms with E-state index in [2.05, 4.69) is 12.1 Å². The third kappa shape index (κ3) is 2.25. The smallest absolute Gasteiger partial charge is 0.123 e. The van der Waals surface area contributed by atoms with Gasteiger partial charge in [0.1, 0.15) is 11.9 Å². The molecule has 3 rings (SSSR count). The molecule has 1 fully saturated rings. The van der Waals surface area contributed by atoms with Gasteiger partial charge in [0.2, 0.25) is 0 Å². The summed E-state index contributed by atoms with van der Waals surface area (Å²) in [6.45, 7) is 1.69. The molecule has 2 heterocycles. The second kappa shape index (κ2) is 4.90. The molecule has 3 heteroatoms. The summed E-state index contributed by atoms with van der Waals surface area (Å²) in [5.74, 6) is 1.01. The Morgan fingerprint density at radius 1 is 1.33 bits per heavy atom. The zero-order chi connectivity index (χ0) is 12.4. The third-order valence-corrected chi connectivity index (χ3v) is 4.11. The average Bonchev–Trinajstić information content (AvgIpc) is 2.81. The summed E-state index contributed by atoms with van der Waals surface area (Å²) in [5, 5.41) is 9.68. The number of rotatable bonds is 3. The molecule has 1 saturated heterocycles. The van der Waals surface area contributed by atoms with E-state index in [-0.39, 0.29) is 18.1 Å². The molecule has 0 aromatic heterocycles. The highest BCUT2D eigenvalue weighted by atomic mass is 16.5. The Labute approximate surface area is 108 Å². The van der Waals surface area contributed by atoms with Crippen molar-refractivity contribution < 1.29 is 14.6 Å². The van der Waals surface area contributed by atoms with Crippen molar-refractivity contribution in [2.45, 2.75) is 31.8 Å². The molecule has 1 aromatic rings. The van der Waals surface area contributed by atoms with Crippen LogP contribution in [0.1, 0.15) is 24.8 Å². The maximum Gasteiger partial charge on any atom is 0.123 e. The molecule has 0 bridgehead atoms. The monoisotopic (exact) mass is 248 g/mol. The summed E-state index contributed by atoms with van der Waals surface area (Å²) in [4.78, 5) is 0. The van der Waals surface area contributed by atoms with Gasteiger partial charge in [0.15, 0.2) is 0 Å². The van der Waals surface area contributed by atoms with Crippen molar-refractivity contribution in [2.24, 2.45) is 5.41 Å². The predicted octanol–water partition coefficient (Wildman–Crippen LogP) is 2.17. The van der Waals surface area contributed by atoms with Crippen molar-refractivity contribution in [3.63, 3.8) is 0 Å². The number of hydrogen-bond donors (Lipinski definition) is 1. The number of fused-ring (bicyclic) bond motifs is 1. The van der Waals surface area contributed by atoms with Crippen LogP contribution < -0.4 is 4.74 Å². The summed E-state index contributed by atoms with van der Waals surface area (Å²) in [6.07, 6.45) is 4.12. The van der Waals surface area contributed by atoms with Crippen LogP contribution in [0.15, 0.2) is 24.3 Å². The fraction of sp³-hybridized carbons (Fsp3) is 0.600. The number of ether oxygens (including phenoxy) is 2. The van der Waals surface area contributed by atoms with Gasteiger partial charge in [0, 0.05) is 18.4 Å². The van der Waals surface area contributed by atoms with Crippen LogP contribution in [0.4, 0.5) is 0 Å². The van der Waals surface area contributed by atoms with E-state index < -0.39 is 0 Å². The summed E-state index contributed by atoms with van der Waals surface area (Å²) in [6, 6.07) is 8.21. The Balaban J connectivity index is 1.67. The second-order valence-electron chi connectivity index (χ2n) is 5.57. The van der Waals surface area contributed by atoms with Gasteiger partial charge in [-0.2, -0.15) is 0 Å². The quantitative estimate of drug-likeness (QED) is 0.891. The van der Waals surface area contributed by atoms with E-state index >= 15 is 0 Å². The zero-order valence-corrected chi connectivity index (χ0v) is 10.6. The summed E-state index contributed by atoms with van der Waals surface area (Å²) >= 11 is 0. The van der Waals surface area contributed by atoms with Gasteiger partial charge in [0.25, 0.3) is 0 Å². The van der Waals surface area contributed by atoms with Crippen LogP contribution in [0.25, 0.3) is 0 Å². The molecular formula is C15H20O3. The zero-order valence-electron chi connectivity index (χ0n) is 10.6. The standard InChI is InChI=1S/C15H20O3/c16-10-15(6-3-7-17-11-15)9-13-8-12-4-1-2-5-14(12)18-13/h1-2,4-5,13,16H,3,6-11H2. The van der Waals surface area contributed by atoms with E-state index in [4.69, 9.17) is 9.47 Å². The molecule has 2 unspecified atom stereocenters. The normalized spacial score (nSPS) is 30.8. The summed E-state index contributed by atoms with van der Waals surface area (Å²) in [5.41, 5.74) is 1.19. The minimum atomic E-state index is -0.0923. The molecule has 1 N–H and O–H groups in total. The molecular weight excluding hydrogens is 228 g/mol. The highest BCUT2D eigenvalue weighted by Gasteiger charge is 2.37. The Bertz CT molecular complexity index is 385. The van der Waals surface area contributed by atoms with E-state index in [0.29, 0.717) is 6.61 Å². The number of hydrogen-bond acceptors (Lipinski definition) is 3. The lowest BCUT2D eigenvalue weighted by atomic mass is 9.78. The molecule has 2 aliphatic rings. The van der Waals surface area contributed by atoms with Gasteiger partial charge in [-0.15, -0.1) is 0 Å². The molecule has 0 spiro atoms. The Morgan fingerprint density at radius 3 is 2.94 bits per heavy atom. The van der Waals surface area contributed by atoms with Crippen LogP contribution in [-0.2, 0) is 11.2 Å². The molecule has 2 atom stereocenters. The van der Waals surface area contributed by atoms with Gasteiger partial charge in [-0.3, -0.25) is 0 Å². The van der Waals surface area contributed by atoms with Crippen LogP contribution in [-0.4, -0.2) is 31.0 Å².